The van der Waals surface area contributed by atoms with Crippen molar-refractivity contribution in [1.29, 1.82) is 0 Å². The number of hydrogen-bond acceptors (Lipinski definition) is 2. The highest BCUT2D eigenvalue weighted by Crippen LogP contribution is 2.26. The molecule has 15 heavy (non-hydrogen) atoms. The van der Waals surface area contributed by atoms with E-state index < -0.39 is 0 Å². The van der Waals surface area contributed by atoms with Crippen molar-refractivity contribution in [3.05, 3.63) is 28.8 Å². The Morgan fingerprint density at radius 2 is 2.27 bits per heavy atom. The molecule has 1 aromatic rings. The lowest BCUT2D eigenvalue weighted by atomic mass is 10.1. The van der Waals surface area contributed by atoms with Gasteiger partial charge in [0.1, 0.15) is 12.4 Å². The minimum absolute atomic E-state index is 0.103. The van der Waals surface area contributed by atoms with E-state index in [1.54, 1.807) is 13.0 Å². The maximum Gasteiger partial charge on any atom is 0.149 e. The Morgan fingerprint density at radius 1 is 1.53 bits per heavy atom. The molecule has 0 bridgehead atoms. The first-order valence-corrected chi connectivity index (χ1v) is 5.10. The molecule has 1 aromatic carbocycles. The van der Waals surface area contributed by atoms with E-state index in [1.807, 2.05) is 19.1 Å². The molecular weight excluding hydrogens is 210 g/mol. The maximum absolute atomic E-state index is 5.88. The molecule has 1 rings (SSSR count). The van der Waals surface area contributed by atoms with Gasteiger partial charge in [-0.15, -0.1) is 5.92 Å². The van der Waals surface area contributed by atoms with Crippen LogP contribution in [0.15, 0.2) is 18.2 Å². The van der Waals surface area contributed by atoms with Gasteiger partial charge in [-0.05, 0) is 32.0 Å². The highest BCUT2D eigenvalue weighted by atomic mass is 35.5. The number of rotatable bonds is 3. The van der Waals surface area contributed by atoms with E-state index >= 15 is 0 Å². The van der Waals surface area contributed by atoms with Crippen LogP contribution >= 0.6 is 11.6 Å². The molecular formula is C12H14ClNO. The molecule has 0 aromatic heterocycles. The molecule has 0 radical (unpaired) electrons. The summed E-state index contributed by atoms with van der Waals surface area (Å²) in [5.41, 5.74) is 6.72. The van der Waals surface area contributed by atoms with Crippen molar-refractivity contribution in [2.45, 2.75) is 19.9 Å². The third kappa shape index (κ3) is 3.47. The molecule has 2 N–H and O–H groups in total. The second-order valence-electron chi connectivity index (χ2n) is 3.19. The zero-order valence-electron chi connectivity index (χ0n) is 8.88. The van der Waals surface area contributed by atoms with Crippen molar-refractivity contribution in [3.8, 4) is 17.6 Å². The number of nitrogens with two attached hydrogens (primary N) is 1. The molecule has 0 aliphatic heterocycles. The van der Waals surface area contributed by atoms with Crippen LogP contribution in [0.3, 0.4) is 0 Å². The van der Waals surface area contributed by atoms with Crippen molar-refractivity contribution in [2.24, 2.45) is 5.73 Å². The SMILES string of the molecule is CC#CCOc1ccc(Cl)cc1[C@H](C)N. The summed E-state index contributed by atoms with van der Waals surface area (Å²) >= 11 is 5.88. The minimum Gasteiger partial charge on any atom is -0.481 e. The molecule has 0 amide bonds. The Labute approximate surface area is 95.4 Å². The van der Waals surface area contributed by atoms with Gasteiger partial charge in [-0.25, -0.2) is 0 Å². The molecule has 1 atom stereocenters. The van der Waals surface area contributed by atoms with E-state index in [-0.39, 0.29) is 6.04 Å². The summed E-state index contributed by atoms with van der Waals surface area (Å²) < 4.78 is 5.48. The van der Waals surface area contributed by atoms with Gasteiger partial charge in [0.15, 0.2) is 0 Å². The van der Waals surface area contributed by atoms with Crippen molar-refractivity contribution in [1.82, 2.24) is 0 Å². The normalized spacial score (nSPS) is 11.5. The van der Waals surface area contributed by atoms with Gasteiger partial charge >= 0.3 is 0 Å². The van der Waals surface area contributed by atoms with Crippen molar-refractivity contribution in [3.63, 3.8) is 0 Å². The van der Waals surface area contributed by atoms with Crippen LogP contribution in [0.4, 0.5) is 0 Å². The number of halogens is 1. The Hall–Kier alpha value is -1.17. The first-order chi connectivity index (χ1) is 7.15. The fourth-order valence-electron chi connectivity index (χ4n) is 1.19. The van der Waals surface area contributed by atoms with Gasteiger partial charge in [-0.3, -0.25) is 0 Å². The van der Waals surface area contributed by atoms with Crippen LogP contribution in [0.25, 0.3) is 0 Å². The Morgan fingerprint density at radius 3 is 2.87 bits per heavy atom. The highest BCUT2D eigenvalue weighted by Gasteiger charge is 2.08. The lowest BCUT2D eigenvalue weighted by Crippen LogP contribution is -2.08. The topological polar surface area (TPSA) is 35.2 Å². The first-order valence-electron chi connectivity index (χ1n) is 4.72. The minimum atomic E-state index is -0.103. The molecule has 0 aliphatic rings. The van der Waals surface area contributed by atoms with Gasteiger partial charge in [0.25, 0.3) is 0 Å². The monoisotopic (exact) mass is 223 g/mol. The molecule has 2 nitrogen and oxygen atoms in total. The van der Waals surface area contributed by atoms with Crippen molar-refractivity contribution in [2.75, 3.05) is 6.61 Å². The summed E-state index contributed by atoms with van der Waals surface area (Å²) in [5, 5.41) is 0.663. The van der Waals surface area contributed by atoms with Crippen LogP contribution in [0.2, 0.25) is 5.02 Å². The molecule has 0 saturated heterocycles. The average molecular weight is 224 g/mol. The first kappa shape index (κ1) is 11.9. The third-order valence-electron chi connectivity index (χ3n) is 1.94. The summed E-state index contributed by atoms with van der Waals surface area (Å²) in [4.78, 5) is 0. The number of ether oxygens (including phenoxy) is 1. The summed E-state index contributed by atoms with van der Waals surface area (Å²) in [6.45, 7) is 4.04. The summed E-state index contributed by atoms with van der Waals surface area (Å²) in [5.74, 6) is 6.34. The van der Waals surface area contributed by atoms with E-state index in [0.29, 0.717) is 11.6 Å². The molecule has 80 valence electrons. The fourth-order valence-corrected chi connectivity index (χ4v) is 1.37. The Bertz CT molecular complexity index is 390. The lowest BCUT2D eigenvalue weighted by molar-refractivity contribution is 0.364. The molecule has 0 aliphatic carbocycles. The van der Waals surface area contributed by atoms with Gasteiger partial charge in [0.05, 0.1) is 0 Å². The number of hydrogen-bond donors (Lipinski definition) is 1. The second-order valence-corrected chi connectivity index (χ2v) is 3.62. The van der Waals surface area contributed by atoms with Crippen molar-refractivity contribution < 1.29 is 4.74 Å². The molecule has 0 spiro atoms. The van der Waals surface area contributed by atoms with E-state index in [9.17, 15) is 0 Å². The Balaban J connectivity index is 2.89. The van der Waals surface area contributed by atoms with Crippen LogP contribution in [0.1, 0.15) is 25.5 Å². The standard InChI is InChI=1S/C12H14ClNO/c1-3-4-7-15-12-6-5-10(13)8-11(12)9(2)14/h5-6,8-9H,7,14H2,1-2H3/t9-/m0/s1. The van der Waals surface area contributed by atoms with Crippen LogP contribution in [-0.2, 0) is 0 Å². The van der Waals surface area contributed by atoms with Crippen LogP contribution in [0, 0.1) is 11.8 Å². The number of benzene rings is 1. The van der Waals surface area contributed by atoms with Gasteiger partial charge in [0.2, 0.25) is 0 Å². The van der Waals surface area contributed by atoms with E-state index in [2.05, 4.69) is 11.8 Å². The van der Waals surface area contributed by atoms with E-state index in [1.165, 1.54) is 0 Å². The largest absolute Gasteiger partial charge is 0.481 e. The molecule has 0 unspecified atom stereocenters. The summed E-state index contributed by atoms with van der Waals surface area (Å²) in [6, 6.07) is 5.31. The Kier molecular flexibility index (Phi) is 4.48. The van der Waals surface area contributed by atoms with Crippen LogP contribution in [0.5, 0.6) is 5.75 Å². The summed E-state index contributed by atoms with van der Waals surface area (Å²) in [6.07, 6.45) is 0. The van der Waals surface area contributed by atoms with Crippen LogP contribution in [-0.4, -0.2) is 6.61 Å². The van der Waals surface area contributed by atoms with Gasteiger partial charge in [-0.1, -0.05) is 17.5 Å². The van der Waals surface area contributed by atoms with Crippen LogP contribution < -0.4 is 10.5 Å². The second kappa shape index (κ2) is 5.65. The molecule has 0 fully saturated rings. The maximum atomic E-state index is 5.88. The zero-order chi connectivity index (χ0) is 11.3. The van der Waals surface area contributed by atoms with Gasteiger partial charge < -0.3 is 10.5 Å². The lowest BCUT2D eigenvalue weighted by Gasteiger charge is -2.12. The van der Waals surface area contributed by atoms with Crippen molar-refractivity contribution >= 4 is 11.6 Å². The zero-order valence-corrected chi connectivity index (χ0v) is 9.64. The predicted molar refractivity (Wildman–Crippen MR) is 63.0 cm³/mol. The van der Waals surface area contributed by atoms with E-state index in [4.69, 9.17) is 22.1 Å². The fraction of sp³-hybridized carbons (Fsp3) is 0.333. The van der Waals surface area contributed by atoms with E-state index in [0.717, 1.165) is 11.3 Å². The molecule has 0 saturated carbocycles. The van der Waals surface area contributed by atoms with Gasteiger partial charge in [0, 0.05) is 16.6 Å². The summed E-state index contributed by atoms with van der Waals surface area (Å²) in [7, 11) is 0. The molecule has 3 heteroatoms. The third-order valence-corrected chi connectivity index (χ3v) is 2.17. The average Bonchev–Trinajstić information content (AvgIpc) is 2.20. The van der Waals surface area contributed by atoms with Gasteiger partial charge in [-0.2, -0.15) is 0 Å². The smallest absolute Gasteiger partial charge is 0.149 e. The predicted octanol–water partition coefficient (Wildman–Crippen LogP) is 2.76. The highest BCUT2D eigenvalue weighted by molar-refractivity contribution is 6.30. The quantitative estimate of drug-likeness (QED) is 0.800. The molecule has 0 heterocycles.